The number of amides is 1. The first-order valence-corrected chi connectivity index (χ1v) is 7.49. The van der Waals surface area contributed by atoms with Gasteiger partial charge in [-0.1, -0.05) is 17.7 Å². The molecular weight excluding hydrogens is 279 g/mol. The van der Waals surface area contributed by atoms with E-state index in [4.69, 9.17) is 11.6 Å². The normalized spacial score (nSPS) is 28.4. The first-order valence-electron chi connectivity index (χ1n) is 7.11. The molecule has 1 aromatic carbocycles. The number of nitrogens with one attached hydrogen (secondary N) is 2. The fourth-order valence-electron chi connectivity index (χ4n) is 3.41. The van der Waals surface area contributed by atoms with Crippen molar-refractivity contribution < 1.29 is 9.18 Å². The van der Waals surface area contributed by atoms with E-state index in [1.807, 2.05) is 0 Å². The van der Waals surface area contributed by atoms with Gasteiger partial charge in [0, 0.05) is 18.5 Å². The summed E-state index contributed by atoms with van der Waals surface area (Å²) in [7, 11) is 0. The third kappa shape index (κ3) is 2.96. The van der Waals surface area contributed by atoms with E-state index in [0.717, 1.165) is 12.8 Å². The molecule has 3 nitrogen and oxygen atoms in total. The zero-order chi connectivity index (χ0) is 14.1. The molecule has 2 bridgehead atoms. The van der Waals surface area contributed by atoms with Crippen molar-refractivity contribution in [1.82, 2.24) is 5.32 Å². The molecule has 2 heterocycles. The van der Waals surface area contributed by atoms with E-state index in [0.29, 0.717) is 24.4 Å². The van der Waals surface area contributed by atoms with Crippen LogP contribution >= 0.6 is 11.6 Å². The number of hydrogen-bond acceptors (Lipinski definition) is 2. The Morgan fingerprint density at radius 1 is 1.35 bits per heavy atom. The van der Waals surface area contributed by atoms with Crippen LogP contribution < -0.4 is 10.6 Å². The van der Waals surface area contributed by atoms with Crippen molar-refractivity contribution in [3.05, 3.63) is 29.0 Å². The van der Waals surface area contributed by atoms with Gasteiger partial charge >= 0.3 is 0 Å². The monoisotopic (exact) mass is 296 g/mol. The van der Waals surface area contributed by atoms with Gasteiger partial charge in [-0.2, -0.15) is 0 Å². The molecular formula is C15H18ClFN2O. The number of hydrogen-bond donors (Lipinski definition) is 2. The van der Waals surface area contributed by atoms with Crippen LogP contribution in [-0.2, 0) is 4.79 Å². The second-order valence-corrected chi connectivity index (χ2v) is 6.24. The lowest BCUT2D eigenvalue weighted by Gasteiger charge is -2.28. The van der Waals surface area contributed by atoms with Crippen molar-refractivity contribution >= 4 is 23.2 Å². The third-order valence-corrected chi connectivity index (χ3v) is 4.56. The molecule has 2 saturated heterocycles. The maximum Gasteiger partial charge on any atom is 0.224 e. The lowest BCUT2D eigenvalue weighted by atomic mass is 9.89. The summed E-state index contributed by atoms with van der Waals surface area (Å²) in [5, 5.41) is 6.21. The molecule has 2 atom stereocenters. The van der Waals surface area contributed by atoms with Gasteiger partial charge in [-0.05, 0) is 43.7 Å². The van der Waals surface area contributed by atoms with Crippen molar-refractivity contribution in [3.63, 3.8) is 0 Å². The second kappa shape index (κ2) is 5.70. The zero-order valence-electron chi connectivity index (χ0n) is 11.2. The molecule has 1 aromatic rings. The standard InChI is InChI=1S/C15H18ClFN2O/c16-12-2-1-3-13(15(12)17)19-14(20)8-9-6-10-4-5-11(7-9)18-10/h1-3,9-11,18H,4-8H2,(H,19,20). The van der Waals surface area contributed by atoms with Gasteiger partial charge in [0.25, 0.3) is 0 Å². The number of piperidine rings is 1. The van der Waals surface area contributed by atoms with E-state index in [2.05, 4.69) is 10.6 Å². The Bertz CT molecular complexity index is 511. The SMILES string of the molecule is O=C(CC1CC2CCC(C1)N2)Nc1cccc(Cl)c1F. The smallest absolute Gasteiger partial charge is 0.224 e. The summed E-state index contributed by atoms with van der Waals surface area (Å²) in [6, 6.07) is 5.76. The molecule has 2 fully saturated rings. The van der Waals surface area contributed by atoms with Crippen LogP contribution in [0, 0.1) is 11.7 Å². The molecule has 0 aromatic heterocycles. The zero-order valence-corrected chi connectivity index (χ0v) is 11.9. The molecule has 1 amide bonds. The molecule has 0 spiro atoms. The lowest BCUT2D eigenvalue weighted by Crippen LogP contribution is -2.39. The van der Waals surface area contributed by atoms with Crippen molar-refractivity contribution in [2.24, 2.45) is 5.92 Å². The van der Waals surface area contributed by atoms with Crippen molar-refractivity contribution in [1.29, 1.82) is 0 Å². The summed E-state index contributed by atoms with van der Waals surface area (Å²) >= 11 is 5.70. The van der Waals surface area contributed by atoms with Crippen LogP contribution in [-0.4, -0.2) is 18.0 Å². The van der Waals surface area contributed by atoms with E-state index in [-0.39, 0.29) is 16.6 Å². The summed E-state index contributed by atoms with van der Waals surface area (Å²) < 4.78 is 13.7. The quantitative estimate of drug-likeness (QED) is 0.898. The van der Waals surface area contributed by atoms with Crippen molar-refractivity contribution in [2.75, 3.05) is 5.32 Å². The highest BCUT2D eigenvalue weighted by atomic mass is 35.5. The van der Waals surface area contributed by atoms with Crippen LogP contribution in [0.5, 0.6) is 0 Å². The molecule has 20 heavy (non-hydrogen) atoms. The highest BCUT2D eigenvalue weighted by molar-refractivity contribution is 6.31. The van der Waals surface area contributed by atoms with E-state index in [1.54, 1.807) is 6.07 Å². The molecule has 2 N–H and O–H groups in total. The molecule has 0 saturated carbocycles. The predicted molar refractivity (Wildman–Crippen MR) is 77.3 cm³/mol. The number of carbonyl (C=O) groups excluding carboxylic acids is 1. The number of fused-ring (bicyclic) bond motifs is 2. The van der Waals surface area contributed by atoms with Gasteiger partial charge in [0.1, 0.15) is 0 Å². The van der Waals surface area contributed by atoms with Gasteiger partial charge in [0.05, 0.1) is 10.7 Å². The first-order chi connectivity index (χ1) is 9.61. The van der Waals surface area contributed by atoms with Crippen molar-refractivity contribution in [2.45, 2.75) is 44.2 Å². The van der Waals surface area contributed by atoms with Gasteiger partial charge in [0.2, 0.25) is 5.91 Å². The van der Waals surface area contributed by atoms with Gasteiger partial charge < -0.3 is 10.6 Å². The predicted octanol–water partition coefficient (Wildman–Crippen LogP) is 3.34. The maximum absolute atomic E-state index is 13.7. The van der Waals surface area contributed by atoms with Crippen LogP contribution in [0.1, 0.15) is 32.1 Å². The number of halogens is 2. The largest absolute Gasteiger partial charge is 0.324 e. The number of rotatable bonds is 3. The molecule has 2 unspecified atom stereocenters. The summed E-state index contributed by atoms with van der Waals surface area (Å²) in [5.74, 6) is -0.290. The average Bonchev–Trinajstić information content (AvgIpc) is 2.74. The van der Waals surface area contributed by atoms with E-state index >= 15 is 0 Å². The molecule has 3 rings (SSSR count). The fraction of sp³-hybridized carbons (Fsp3) is 0.533. The van der Waals surface area contributed by atoms with Gasteiger partial charge in [-0.25, -0.2) is 4.39 Å². The van der Waals surface area contributed by atoms with Crippen LogP contribution in [0.2, 0.25) is 5.02 Å². The number of anilines is 1. The summed E-state index contributed by atoms with van der Waals surface area (Å²) in [4.78, 5) is 12.0. The maximum atomic E-state index is 13.7. The first kappa shape index (κ1) is 13.8. The topological polar surface area (TPSA) is 41.1 Å². The van der Waals surface area contributed by atoms with Crippen LogP contribution in [0.15, 0.2) is 18.2 Å². The Morgan fingerprint density at radius 2 is 2.05 bits per heavy atom. The Labute approximate surface area is 122 Å². The van der Waals surface area contributed by atoms with Gasteiger partial charge in [-0.3, -0.25) is 4.79 Å². The van der Waals surface area contributed by atoms with Crippen LogP contribution in [0.25, 0.3) is 0 Å². The average molecular weight is 297 g/mol. The fourth-order valence-corrected chi connectivity index (χ4v) is 3.58. The molecule has 2 aliphatic heterocycles. The molecule has 5 heteroatoms. The van der Waals surface area contributed by atoms with Crippen LogP contribution in [0.4, 0.5) is 10.1 Å². The summed E-state index contributed by atoms with van der Waals surface area (Å²) in [6.07, 6.45) is 4.97. The third-order valence-electron chi connectivity index (χ3n) is 4.27. The summed E-state index contributed by atoms with van der Waals surface area (Å²) in [6.45, 7) is 0. The highest BCUT2D eigenvalue weighted by Gasteiger charge is 2.34. The Balaban J connectivity index is 1.58. The van der Waals surface area contributed by atoms with Gasteiger partial charge in [0.15, 0.2) is 5.82 Å². The van der Waals surface area contributed by atoms with Gasteiger partial charge in [-0.15, -0.1) is 0 Å². The molecule has 108 valence electrons. The minimum Gasteiger partial charge on any atom is -0.324 e. The second-order valence-electron chi connectivity index (χ2n) is 5.83. The van der Waals surface area contributed by atoms with Crippen molar-refractivity contribution in [3.8, 4) is 0 Å². The molecule has 2 aliphatic rings. The minimum atomic E-state index is -0.562. The Morgan fingerprint density at radius 3 is 2.75 bits per heavy atom. The van der Waals surface area contributed by atoms with Crippen LogP contribution in [0.3, 0.4) is 0 Å². The van der Waals surface area contributed by atoms with E-state index in [1.165, 1.54) is 25.0 Å². The number of carbonyl (C=O) groups is 1. The Kier molecular flexibility index (Phi) is 3.94. The highest BCUT2D eigenvalue weighted by Crippen LogP contribution is 2.33. The Hall–Kier alpha value is -1.13. The molecule has 0 radical (unpaired) electrons. The summed E-state index contributed by atoms with van der Waals surface area (Å²) in [5.41, 5.74) is 0.166. The van der Waals surface area contributed by atoms with E-state index in [9.17, 15) is 9.18 Å². The minimum absolute atomic E-state index is 0.0303. The number of benzene rings is 1. The van der Waals surface area contributed by atoms with E-state index < -0.39 is 5.82 Å². The molecule has 0 aliphatic carbocycles. The lowest BCUT2D eigenvalue weighted by molar-refractivity contribution is -0.117.